The molecule has 3 heteroatoms. The zero-order chi connectivity index (χ0) is 19.3. The molecule has 136 valence electrons. The van der Waals surface area contributed by atoms with Crippen molar-refractivity contribution in [2.45, 2.75) is 33.6 Å². The fraction of sp³-hybridized carbons (Fsp3) is 0.304. The molecule has 0 aliphatic heterocycles. The number of Topliss-reactive ketones (excluding diaryl/α,β-unsaturated/α-hetero) is 1. The molecule has 2 unspecified atom stereocenters. The first kappa shape index (κ1) is 19.6. The number of carbonyl (C=O) groups is 2. The number of carbonyl (C=O) groups excluding carboxylic acids is 1. The summed E-state index contributed by atoms with van der Waals surface area (Å²) in [6.45, 7) is 9.64. The number of aliphatic carboxylic acids is 1. The van der Waals surface area contributed by atoms with E-state index in [9.17, 15) is 14.7 Å². The van der Waals surface area contributed by atoms with Gasteiger partial charge in [-0.1, -0.05) is 67.1 Å². The molecule has 2 aromatic carbocycles. The number of fused-ring (bicyclic) bond motifs is 1. The van der Waals surface area contributed by atoms with Gasteiger partial charge in [0.15, 0.2) is 5.78 Å². The summed E-state index contributed by atoms with van der Waals surface area (Å²) in [6, 6.07) is 13.0. The minimum atomic E-state index is -1.17. The predicted molar refractivity (Wildman–Crippen MR) is 106 cm³/mol. The van der Waals surface area contributed by atoms with Crippen LogP contribution in [0.15, 0.2) is 66.8 Å². The van der Waals surface area contributed by atoms with Crippen LogP contribution in [0.4, 0.5) is 0 Å². The highest BCUT2D eigenvalue weighted by Crippen LogP contribution is 2.38. The quantitative estimate of drug-likeness (QED) is 0.379. The number of hydrogen-bond donors (Lipinski definition) is 1. The van der Waals surface area contributed by atoms with Crippen LogP contribution in [0.1, 0.15) is 44.0 Å². The Balaban J connectivity index is 2.47. The van der Waals surface area contributed by atoms with E-state index >= 15 is 0 Å². The van der Waals surface area contributed by atoms with Crippen LogP contribution >= 0.6 is 0 Å². The van der Waals surface area contributed by atoms with Crippen molar-refractivity contribution < 1.29 is 14.7 Å². The fourth-order valence-electron chi connectivity index (χ4n) is 3.33. The van der Waals surface area contributed by atoms with Crippen molar-refractivity contribution in [2.24, 2.45) is 11.3 Å². The number of carboxylic acids is 1. The fourth-order valence-corrected chi connectivity index (χ4v) is 3.33. The summed E-state index contributed by atoms with van der Waals surface area (Å²) in [6.07, 6.45) is 4.93. The van der Waals surface area contributed by atoms with Gasteiger partial charge in [-0.2, -0.15) is 0 Å². The van der Waals surface area contributed by atoms with Crippen molar-refractivity contribution in [2.75, 3.05) is 0 Å². The molecule has 0 saturated carbocycles. The molecule has 0 amide bonds. The summed E-state index contributed by atoms with van der Waals surface area (Å²) in [7, 11) is 0. The molecule has 0 aromatic heterocycles. The topological polar surface area (TPSA) is 54.4 Å². The molecule has 0 aliphatic rings. The minimum absolute atomic E-state index is 0.367. The summed E-state index contributed by atoms with van der Waals surface area (Å²) in [5.74, 6) is -2.65. The summed E-state index contributed by atoms with van der Waals surface area (Å²) in [4.78, 5) is 25.3. The average Bonchev–Trinajstić information content (AvgIpc) is 2.60. The first-order chi connectivity index (χ1) is 12.3. The van der Waals surface area contributed by atoms with Gasteiger partial charge in [-0.05, 0) is 37.5 Å². The number of rotatable bonds is 8. The number of allylic oxidation sites excluding steroid dienone is 3. The molecule has 26 heavy (non-hydrogen) atoms. The van der Waals surface area contributed by atoms with Crippen LogP contribution in [0.5, 0.6) is 0 Å². The normalized spacial score (nSPS) is 14.3. The Bertz CT molecular complexity index is 853. The van der Waals surface area contributed by atoms with E-state index in [2.05, 4.69) is 12.7 Å². The van der Waals surface area contributed by atoms with Gasteiger partial charge in [-0.25, -0.2) is 0 Å². The highest BCUT2D eigenvalue weighted by atomic mass is 16.4. The van der Waals surface area contributed by atoms with Crippen molar-refractivity contribution in [3.63, 3.8) is 0 Å². The molecule has 0 saturated heterocycles. The van der Waals surface area contributed by atoms with Gasteiger partial charge in [0.1, 0.15) is 5.92 Å². The lowest BCUT2D eigenvalue weighted by atomic mass is 9.70. The van der Waals surface area contributed by atoms with Gasteiger partial charge in [0.25, 0.3) is 0 Å². The van der Waals surface area contributed by atoms with E-state index in [0.29, 0.717) is 18.4 Å². The predicted octanol–water partition coefficient (Wildman–Crippen LogP) is 5.66. The molecule has 2 atom stereocenters. The second-order valence-electron chi connectivity index (χ2n) is 7.19. The van der Waals surface area contributed by atoms with E-state index in [4.69, 9.17) is 0 Å². The van der Waals surface area contributed by atoms with E-state index in [1.807, 2.05) is 44.2 Å². The average molecular weight is 350 g/mol. The standard InChI is InChI=1S/C23H26O3/c1-5-23(4,15-9-10-16(2)3)20(22(25)26)21(24)19-14-8-12-17-11-6-7-13-18(17)19/h5-8,10-14,20H,1,9,15H2,2-4H3,(H,25,26). The number of benzene rings is 2. The Labute approximate surface area is 155 Å². The third-order valence-electron chi connectivity index (χ3n) is 4.93. The SMILES string of the molecule is C=CC(C)(CCC=C(C)C)C(C(=O)O)C(=O)c1cccc2ccccc12. The third kappa shape index (κ3) is 4.10. The lowest BCUT2D eigenvalue weighted by Gasteiger charge is -2.31. The van der Waals surface area contributed by atoms with E-state index < -0.39 is 17.3 Å². The molecule has 0 fully saturated rings. The molecule has 0 aliphatic carbocycles. The van der Waals surface area contributed by atoms with E-state index in [1.54, 1.807) is 25.1 Å². The first-order valence-corrected chi connectivity index (χ1v) is 8.82. The van der Waals surface area contributed by atoms with Gasteiger partial charge < -0.3 is 5.11 Å². The van der Waals surface area contributed by atoms with Gasteiger partial charge in [0.2, 0.25) is 0 Å². The van der Waals surface area contributed by atoms with E-state index in [-0.39, 0.29) is 5.78 Å². The molecule has 0 spiro atoms. The van der Waals surface area contributed by atoms with Gasteiger partial charge in [0, 0.05) is 11.0 Å². The van der Waals surface area contributed by atoms with E-state index in [0.717, 1.165) is 10.8 Å². The lowest BCUT2D eigenvalue weighted by Crippen LogP contribution is -2.38. The largest absolute Gasteiger partial charge is 0.481 e. The number of ketones is 1. The molecule has 1 N–H and O–H groups in total. The Morgan fingerprint density at radius 2 is 1.81 bits per heavy atom. The second-order valence-corrected chi connectivity index (χ2v) is 7.19. The van der Waals surface area contributed by atoms with Crippen molar-refractivity contribution in [1.29, 1.82) is 0 Å². The molecular weight excluding hydrogens is 324 g/mol. The Morgan fingerprint density at radius 3 is 2.42 bits per heavy atom. The second kappa shape index (κ2) is 8.13. The zero-order valence-electron chi connectivity index (χ0n) is 15.7. The van der Waals surface area contributed by atoms with Gasteiger partial charge in [0.05, 0.1) is 0 Å². The highest BCUT2D eigenvalue weighted by Gasteiger charge is 2.42. The number of carboxylic acid groups (broad SMARTS) is 1. The van der Waals surface area contributed by atoms with Gasteiger partial charge in [-0.3, -0.25) is 9.59 Å². The molecule has 2 aromatic rings. The summed E-state index contributed by atoms with van der Waals surface area (Å²) in [5.41, 5.74) is 0.792. The lowest BCUT2D eigenvalue weighted by molar-refractivity contribution is -0.142. The molecule has 0 radical (unpaired) electrons. The first-order valence-electron chi connectivity index (χ1n) is 8.82. The van der Waals surface area contributed by atoms with Crippen LogP contribution < -0.4 is 0 Å². The molecule has 2 rings (SSSR count). The van der Waals surface area contributed by atoms with Crippen LogP contribution in [-0.2, 0) is 4.79 Å². The van der Waals surface area contributed by atoms with E-state index in [1.165, 1.54) is 5.57 Å². The van der Waals surface area contributed by atoms with Crippen LogP contribution in [-0.4, -0.2) is 16.9 Å². The molecule has 0 heterocycles. The van der Waals surface area contributed by atoms with Gasteiger partial charge >= 0.3 is 5.97 Å². The van der Waals surface area contributed by atoms with Crippen molar-refractivity contribution >= 4 is 22.5 Å². The summed E-state index contributed by atoms with van der Waals surface area (Å²) >= 11 is 0. The van der Waals surface area contributed by atoms with Crippen LogP contribution in [0.2, 0.25) is 0 Å². The summed E-state index contributed by atoms with van der Waals surface area (Å²) < 4.78 is 0. The van der Waals surface area contributed by atoms with Gasteiger partial charge in [-0.15, -0.1) is 6.58 Å². The minimum Gasteiger partial charge on any atom is -0.481 e. The van der Waals surface area contributed by atoms with Crippen molar-refractivity contribution in [1.82, 2.24) is 0 Å². The molecule has 0 bridgehead atoms. The van der Waals surface area contributed by atoms with Crippen LogP contribution in [0, 0.1) is 11.3 Å². The third-order valence-corrected chi connectivity index (χ3v) is 4.93. The monoisotopic (exact) mass is 350 g/mol. The maximum absolute atomic E-state index is 13.3. The Hall–Kier alpha value is -2.68. The maximum Gasteiger partial charge on any atom is 0.315 e. The molecule has 3 nitrogen and oxygen atoms in total. The summed E-state index contributed by atoms with van der Waals surface area (Å²) in [5, 5.41) is 11.6. The molecular formula is C23H26O3. The Kier molecular flexibility index (Phi) is 6.14. The smallest absolute Gasteiger partial charge is 0.315 e. The number of hydrogen-bond acceptors (Lipinski definition) is 2. The van der Waals surface area contributed by atoms with Crippen molar-refractivity contribution in [3.05, 3.63) is 72.3 Å². The van der Waals surface area contributed by atoms with Crippen LogP contribution in [0.3, 0.4) is 0 Å². The van der Waals surface area contributed by atoms with Crippen molar-refractivity contribution in [3.8, 4) is 0 Å². The Morgan fingerprint density at radius 1 is 1.15 bits per heavy atom. The maximum atomic E-state index is 13.3. The highest BCUT2D eigenvalue weighted by molar-refractivity contribution is 6.15. The zero-order valence-corrected chi connectivity index (χ0v) is 15.7. The van der Waals surface area contributed by atoms with Crippen LogP contribution in [0.25, 0.3) is 10.8 Å².